The number of amides is 1. The summed E-state index contributed by atoms with van der Waals surface area (Å²) in [6.45, 7) is 4.19. The molecule has 0 radical (unpaired) electrons. The third-order valence-corrected chi connectivity index (χ3v) is 6.98. The minimum Gasteiger partial charge on any atom is -0.464 e. The van der Waals surface area contributed by atoms with E-state index in [1.807, 2.05) is 48.5 Å². The number of esters is 1. The quantitative estimate of drug-likeness (QED) is 0.311. The molecule has 5 nitrogen and oxygen atoms in total. The van der Waals surface area contributed by atoms with Crippen molar-refractivity contribution in [2.45, 2.75) is 50.3 Å². The topological polar surface area (TPSA) is 64.6 Å². The van der Waals surface area contributed by atoms with Gasteiger partial charge in [0.15, 0.2) is 0 Å². The van der Waals surface area contributed by atoms with Gasteiger partial charge in [0.05, 0.1) is 6.61 Å². The number of carbonyl (C=O) groups excluding carboxylic acids is 2. The number of hydrogen-bond acceptors (Lipinski definition) is 5. The van der Waals surface area contributed by atoms with Gasteiger partial charge in [-0.2, -0.15) is 11.8 Å². The van der Waals surface area contributed by atoms with Crippen molar-refractivity contribution >= 4 is 23.8 Å². The largest absolute Gasteiger partial charge is 0.464 e. The normalized spacial score (nSPS) is 12.4. The number of nitrogens with one attached hydrogen (secondary N) is 1. The minimum absolute atomic E-state index is 0.132. The maximum absolute atomic E-state index is 13.0. The van der Waals surface area contributed by atoms with E-state index < -0.39 is 18.1 Å². The van der Waals surface area contributed by atoms with E-state index in [4.69, 9.17) is 9.47 Å². The van der Waals surface area contributed by atoms with Crippen molar-refractivity contribution in [2.24, 2.45) is 0 Å². The number of rotatable bonds is 12. The molecule has 0 aliphatic carbocycles. The molecule has 3 rings (SSSR count). The first kappa shape index (κ1) is 26.4. The van der Waals surface area contributed by atoms with Crippen molar-refractivity contribution < 1.29 is 19.1 Å². The van der Waals surface area contributed by atoms with Gasteiger partial charge in [-0.05, 0) is 43.4 Å². The first-order valence-corrected chi connectivity index (χ1v) is 12.9. The van der Waals surface area contributed by atoms with Crippen LogP contribution in [0.4, 0.5) is 4.79 Å². The van der Waals surface area contributed by atoms with E-state index in [2.05, 4.69) is 48.6 Å². The first-order valence-electron chi connectivity index (χ1n) is 11.9. The summed E-state index contributed by atoms with van der Waals surface area (Å²) >= 11 is 1.65. The highest BCUT2D eigenvalue weighted by molar-refractivity contribution is 7.99. The molecule has 0 aromatic heterocycles. The molecule has 0 saturated carbocycles. The van der Waals surface area contributed by atoms with E-state index in [0.717, 1.165) is 17.7 Å². The van der Waals surface area contributed by atoms with Crippen molar-refractivity contribution in [1.29, 1.82) is 0 Å². The molecule has 3 aromatic rings. The molecule has 1 amide bonds. The fourth-order valence-corrected chi connectivity index (χ4v) is 4.87. The van der Waals surface area contributed by atoms with Crippen molar-refractivity contribution in [3.8, 4) is 0 Å². The summed E-state index contributed by atoms with van der Waals surface area (Å²) in [4.78, 5) is 25.6. The Balaban J connectivity index is 1.72. The van der Waals surface area contributed by atoms with E-state index in [1.165, 1.54) is 16.7 Å². The second kappa shape index (κ2) is 14.2. The molecule has 0 unspecified atom stereocenters. The van der Waals surface area contributed by atoms with Gasteiger partial charge in [0.2, 0.25) is 0 Å². The summed E-state index contributed by atoms with van der Waals surface area (Å²) in [6, 6.07) is 27.1. The molecule has 0 aliphatic rings. The Labute approximate surface area is 212 Å². The zero-order valence-electron chi connectivity index (χ0n) is 20.3. The van der Waals surface area contributed by atoms with E-state index in [1.54, 1.807) is 18.7 Å². The highest BCUT2D eigenvalue weighted by Crippen LogP contribution is 2.26. The Morgan fingerprint density at radius 3 is 2.09 bits per heavy atom. The monoisotopic (exact) mass is 491 g/mol. The molecular weight excluding hydrogens is 458 g/mol. The predicted molar refractivity (Wildman–Crippen MR) is 141 cm³/mol. The second-order valence-corrected chi connectivity index (χ2v) is 9.52. The van der Waals surface area contributed by atoms with Gasteiger partial charge >= 0.3 is 12.1 Å². The lowest BCUT2D eigenvalue weighted by atomic mass is 10.0. The fourth-order valence-electron chi connectivity index (χ4n) is 3.61. The summed E-state index contributed by atoms with van der Waals surface area (Å²) in [7, 11) is 0. The number of alkyl carbamates (subject to hydrolysis) is 1. The van der Waals surface area contributed by atoms with Crippen LogP contribution >= 0.6 is 11.8 Å². The van der Waals surface area contributed by atoms with Crippen LogP contribution in [0.15, 0.2) is 84.9 Å². The number of ether oxygens (including phenoxy) is 2. The van der Waals surface area contributed by atoms with E-state index >= 15 is 0 Å². The summed E-state index contributed by atoms with van der Waals surface area (Å²) in [5.41, 5.74) is 4.43. The van der Waals surface area contributed by atoms with Gasteiger partial charge in [-0.15, -0.1) is 0 Å². The van der Waals surface area contributed by atoms with Gasteiger partial charge in [0.1, 0.15) is 12.6 Å². The van der Waals surface area contributed by atoms with Crippen LogP contribution in [-0.4, -0.2) is 30.0 Å². The zero-order valence-corrected chi connectivity index (χ0v) is 21.1. The fraction of sp³-hybridized carbons (Fsp3) is 0.310. The maximum atomic E-state index is 13.0. The minimum atomic E-state index is -0.822. The predicted octanol–water partition coefficient (Wildman–Crippen LogP) is 6.09. The average Bonchev–Trinajstić information content (AvgIpc) is 2.89. The van der Waals surface area contributed by atoms with Gasteiger partial charge in [-0.1, -0.05) is 90.5 Å². The molecule has 0 bridgehead atoms. The van der Waals surface area contributed by atoms with Crippen LogP contribution in [0, 0.1) is 6.92 Å². The van der Waals surface area contributed by atoms with Crippen LogP contribution in [0.5, 0.6) is 0 Å². The molecule has 2 atom stereocenters. The number of carbonyl (C=O) groups is 2. The van der Waals surface area contributed by atoms with Crippen LogP contribution in [-0.2, 0) is 33.0 Å². The summed E-state index contributed by atoms with van der Waals surface area (Å²) in [6.07, 6.45) is 0.846. The van der Waals surface area contributed by atoms with Crippen LogP contribution in [0.3, 0.4) is 0 Å². The van der Waals surface area contributed by atoms with Crippen molar-refractivity contribution in [3.63, 3.8) is 0 Å². The highest BCUT2D eigenvalue weighted by Gasteiger charge is 2.32. The standard InChI is InChI=1S/C29H33NO4S/c1-3-33-28(31)27(30-29(32)34-20-24-12-8-5-9-13-24)26(19-18-23-10-6-4-7-11-23)35-21-25-16-14-22(2)15-17-25/h4-17,26-27H,3,18-21H2,1-2H3,(H,30,32)/t26-,27-/m0/s1. The molecule has 0 saturated heterocycles. The lowest BCUT2D eigenvalue weighted by Crippen LogP contribution is -2.48. The molecule has 0 fully saturated rings. The lowest BCUT2D eigenvalue weighted by Gasteiger charge is -2.26. The Bertz CT molecular complexity index is 1040. The van der Waals surface area contributed by atoms with Gasteiger partial charge < -0.3 is 14.8 Å². The number of hydrogen-bond donors (Lipinski definition) is 1. The third-order valence-electron chi connectivity index (χ3n) is 5.54. The molecule has 6 heteroatoms. The number of benzene rings is 3. The lowest BCUT2D eigenvalue weighted by molar-refractivity contribution is -0.145. The zero-order chi connectivity index (χ0) is 24.9. The van der Waals surface area contributed by atoms with Crippen LogP contribution in [0.25, 0.3) is 0 Å². The van der Waals surface area contributed by atoms with E-state index in [0.29, 0.717) is 6.42 Å². The van der Waals surface area contributed by atoms with Crippen LogP contribution in [0.2, 0.25) is 0 Å². The number of aryl methyl sites for hydroxylation is 2. The smallest absolute Gasteiger partial charge is 0.408 e. The van der Waals surface area contributed by atoms with Crippen molar-refractivity contribution in [2.75, 3.05) is 6.61 Å². The van der Waals surface area contributed by atoms with Crippen molar-refractivity contribution in [1.82, 2.24) is 5.32 Å². The average molecular weight is 492 g/mol. The maximum Gasteiger partial charge on any atom is 0.408 e. The molecule has 0 heterocycles. The van der Waals surface area contributed by atoms with E-state index in [-0.39, 0.29) is 18.5 Å². The Morgan fingerprint density at radius 1 is 0.829 bits per heavy atom. The van der Waals surface area contributed by atoms with Gasteiger partial charge in [0, 0.05) is 11.0 Å². The Morgan fingerprint density at radius 2 is 1.46 bits per heavy atom. The molecule has 0 spiro atoms. The number of thioether (sulfide) groups is 1. The van der Waals surface area contributed by atoms with Gasteiger partial charge in [-0.3, -0.25) is 0 Å². The molecule has 35 heavy (non-hydrogen) atoms. The summed E-state index contributed by atoms with van der Waals surface area (Å²) in [5.74, 6) is 0.273. The molecule has 0 aliphatic heterocycles. The molecule has 3 aromatic carbocycles. The Kier molecular flexibility index (Phi) is 10.7. The SMILES string of the molecule is CCOC(=O)[C@@H](NC(=O)OCc1ccccc1)[C@H](CCc1ccccc1)SCc1ccc(C)cc1. The van der Waals surface area contributed by atoms with Crippen molar-refractivity contribution in [3.05, 3.63) is 107 Å². The van der Waals surface area contributed by atoms with Gasteiger partial charge in [0.25, 0.3) is 0 Å². The summed E-state index contributed by atoms with van der Waals surface area (Å²) < 4.78 is 10.8. The van der Waals surface area contributed by atoms with E-state index in [9.17, 15) is 9.59 Å². The second-order valence-electron chi connectivity index (χ2n) is 8.30. The van der Waals surface area contributed by atoms with Crippen LogP contribution < -0.4 is 5.32 Å². The molecule has 184 valence electrons. The third kappa shape index (κ3) is 9.13. The van der Waals surface area contributed by atoms with Gasteiger partial charge in [-0.25, -0.2) is 9.59 Å². The molecule has 1 N–H and O–H groups in total. The first-order chi connectivity index (χ1) is 17.0. The van der Waals surface area contributed by atoms with Crippen LogP contribution in [0.1, 0.15) is 35.6 Å². The molecular formula is C29H33NO4S. The Hall–Kier alpha value is -3.25. The highest BCUT2D eigenvalue weighted by atomic mass is 32.2. The summed E-state index contributed by atoms with van der Waals surface area (Å²) in [5, 5.41) is 2.60.